The van der Waals surface area contributed by atoms with Crippen molar-refractivity contribution in [3.05, 3.63) is 11.8 Å². The first kappa shape index (κ1) is 11.0. The molecular weight excluding hydrogens is 234 g/mol. The molecule has 4 N–H and O–H groups in total. The Morgan fingerprint density at radius 2 is 2.44 bits per heavy atom. The smallest absolute Gasteiger partial charge is 0.254 e. The summed E-state index contributed by atoms with van der Waals surface area (Å²) in [6.07, 6.45) is 2.87. The van der Waals surface area contributed by atoms with Gasteiger partial charge in [0.05, 0.1) is 18.1 Å². The molecule has 94 valence electrons. The molecule has 1 unspecified atom stereocenters. The fourth-order valence-electron chi connectivity index (χ4n) is 2.81. The third-order valence-electron chi connectivity index (χ3n) is 4.03. The first-order chi connectivity index (χ1) is 8.55. The molecule has 1 aliphatic carbocycles. The van der Waals surface area contributed by atoms with E-state index < -0.39 is 16.9 Å². The van der Waals surface area contributed by atoms with Crippen molar-refractivity contribution in [2.45, 2.75) is 18.4 Å². The molecule has 18 heavy (non-hydrogen) atoms. The number of nitrogens with two attached hydrogens (primary N) is 2. The lowest BCUT2D eigenvalue weighted by Gasteiger charge is -2.26. The second-order valence-electron chi connectivity index (χ2n) is 4.94. The van der Waals surface area contributed by atoms with Gasteiger partial charge < -0.3 is 16.2 Å². The van der Waals surface area contributed by atoms with Gasteiger partial charge in [0.1, 0.15) is 11.1 Å². The normalized spacial score (nSPS) is 33.5. The summed E-state index contributed by atoms with van der Waals surface area (Å²) < 4.78 is 7.04. The third kappa shape index (κ3) is 1.15. The summed E-state index contributed by atoms with van der Waals surface area (Å²) in [7, 11) is 0. The van der Waals surface area contributed by atoms with Crippen molar-refractivity contribution >= 4 is 11.7 Å². The molecule has 2 fully saturated rings. The van der Waals surface area contributed by atoms with E-state index in [9.17, 15) is 10.1 Å². The maximum atomic E-state index is 11.2. The van der Waals surface area contributed by atoms with Crippen LogP contribution >= 0.6 is 0 Å². The Bertz CT molecular complexity index is 574. The molecule has 7 heteroatoms. The van der Waals surface area contributed by atoms with Gasteiger partial charge in [-0.1, -0.05) is 0 Å². The van der Waals surface area contributed by atoms with E-state index in [1.165, 1.54) is 6.20 Å². The van der Waals surface area contributed by atoms with Gasteiger partial charge in [-0.25, -0.2) is 0 Å². The van der Waals surface area contributed by atoms with Crippen molar-refractivity contribution in [2.75, 3.05) is 18.9 Å². The lowest BCUT2D eigenvalue weighted by Crippen LogP contribution is -2.35. The number of nitriles is 1. The molecule has 2 aliphatic rings. The maximum Gasteiger partial charge on any atom is 0.254 e. The lowest BCUT2D eigenvalue weighted by molar-refractivity contribution is 0.0314. The number of fused-ring (bicyclic) bond motifs is 1. The van der Waals surface area contributed by atoms with Crippen molar-refractivity contribution in [1.82, 2.24) is 9.78 Å². The largest absolute Gasteiger partial charge is 0.382 e. The highest BCUT2D eigenvalue weighted by molar-refractivity contribution is 5.96. The molecule has 0 spiro atoms. The lowest BCUT2D eigenvalue weighted by atomic mass is 9.96. The summed E-state index contributed by atoms with van der Waals surface area (Å²) >= 11 is 0. The summed E-state index contributed by atoms with van der Waals surface area (Å²) in [6.45, 7) is 0.995. The van der Waals surface area contributed by atoms with Gasteiger partial charge in [0.15, 0.2) is 5.82 Å². The number of nitrogens with zero attached hydrogens (tertiary/aromatic N) is 3. The van der Waals surface area contributed by atoms with Crippen molar-refractivity contribution < 1.29 is 9.53 Å². The van der Waals surface area contributed by atoms with E-state index in [1.807, 2.05) is 0 Å². The van der Waals surface area contributed by atoms with Gasteiger partial charge in [-0.3, -0.25) is 9.48 Å². The molecule has 2 heterocycles. The number of aromatic nitrogens is 2. The van der Waals surface area contributed by atoms with E-state index in [0.717, 1.165) is 0 Å². The van der Waals surface area contributed by atoms with Crippen molar-refractivity contribution in [3.63, 3.8) is 0 Å². The van der Waals surface area contributed by atoms with Crippen LogP contribution in [-0.4, -0.2) is 28.9 Å². The zero-order valence-corrected chi connectivity index (χ0v) is 9.72. The predicted molar refractivity (Wildman–Crippen MR) is 61.2 cm³/mol. The van der Waals surface area contributed by atoms with E-state index in [-0.39, 0.29) is 11.4 Å². The van der Waals surface area contributed by atoms with Crippen molar-refractivity contribution in [2.24, 2.45) is 11.1 Å². The number of nitrogen functional groups attached to an aromatic ring is 1. The van der Waals surface area contributed by atoms with Crippen LogP contribution in [0.4, 0.5) is 5.82 Å². The molecule has 1 aromatic heterocycles. The van der Waals surface area contributed by atoms with E-state index in [1.54, 1.807) is 4.68 Å². The minimum absolute atomic E-state index is 0.0983. The van der Waals surface area contributed by atoms with Gasteiger partial charge >= 0.3 is 0 Å². The van der Waals surface area contributed by atoms with Crippen molar-refractivity contribution in [3.8, 4) is 6.07 Å². The minimum Gasteiger partial charge on any atom is -0.382 e. The van der Waals surface area contributed by atoms with Crippen LogP contribution in [0.1, 0.15) is 23.2 Å². The van der Waals surface area contributed by atoms with Gasteiger partial charge in [-0.05, 0) is 12.8 Å². The maximum absolute atomic E-state index is 11.2. The second kappa shape index (κ2) is 3.23. The summed E-state index contributed by atoms with van der Waals surface area (Å²) in [5.41, 5.74) is 10.1. The second-order valence-corrected chi connectivity index (χ2v) is 4.94. The van der Waals surface area contributed by atoms with Gasteiger partial charge in [0.2, 0.25) is 0 Å². The molecular formula is C11H13N5O2. The number of hydrogen-bond acceptors (Lipinski definition) is 5. The Morgan fingerprint density at radius 3 is 3.06 bits per heavy atom. The molecule has 1 saturated carbocycles. The average Bonchev–Trinajstić information content (AvgIpc) is 2.90. The van der Waals surface area contributed by atoms with E-state index in [4.69, 9.17) is 16.2 Å². The predicted octanol–water partition coefficient (Wildman–Crippen LogP) is -0.407. The number of hydrogen-bond donors (Lipinski definition) is 2. The van der Waals surface area contributed by atoms with Crippen LogP contribution in [0, 0.1) is 16.7 Å². The summed E-state index contributed by atoms with van der Waals surface area (Å²) in [6, 6.07) is 2.35. The highest BCUT2D eigenvalue weighted by atomic mass is 16.5. The first-order valence-electron chi connectivity index (χ1n) is 5.69. The molecule has 2 atom stereocenters. The zero-order valence-electron chi connectivity index (χ0n) is 9.72. The molecule has 1 saturated heterocycles. The Labute approximate surface area is 103 Å². The highest BCUT2D eigenvalue weighted by Crippen LogP contribution is 2.65. The Morgan fingerprint density at radius 1 is 1.67 bits per heavy atom. The molecule has 0 aromatic carbocycles. The Hall–Kier alpha value is -2.07. The standard InChI is InChI=1S/C11H13N5O2/c12-5-10-1-2-18-6-11(10,4-10)16-3-7(9(14)17)8(13)15-16/h3H,1-2,4,6H2,(H2,13,15)(H2,14,17)/t10-,11?/m1/s1. The number of ether oxygens (including phenoxy) is 1. The van der Waals surface area contributed by atoms with Crippen LogP contribution in [0.3, 0.4) is 0 Å². The van der Waals surface area contributed by atoms with Crippen LogP contribution in [0.5, 0.6) is 0 Å². The number of amides is 1. The highest BCUT2D eigenvalue weighted by Gasteiger charge is 2.72. The minimum atomic E-state index is -0.616. The number of anilines is 1. The monoisotopic (exact) mass is 247 g/mol. The van der Waals surface area contributed by atoms with Gasteiger partial charge in [-0.2, -0.15) is 10.4 Å². The van der Waals surface area contributed by atoms with Crippen LogP contribution in [0.15, 0.2) is 6.20 Å². The van der Waals surface area contributed by atoms with Crippen LogP contribution < -0.4 is 11.5 Å². The quantitative estimate of drug-likeness (QED) is 0.736. The van der Waals surface area contributed by atoms with Gasteiger partial charge in [-0.15, -0.1) is 0 Å². The van der Waals surface area contributed by atoms with E-state index >= 15 is 0 Å². The van der Waals surface area contributed by atoms with Crippen LogP contribution in [-0.2, 0) is 10.3 Å². The molecule has 1 aliphatic heterocycles. The Balaban J connectivity index is 2.04. The fraction of sp³-hybridized carbons (Fsp3) is 0.545. The van der Waals surface area contributed by atoms with E-state index in [0.29, 0.717) is 26.1 Å². The topological polar surface area (TPSA) is 120 Å². The number of primary amides is 1. The summed E-state index contributed by atoms with van der Waals surface area (Å²) in [5, 5.41) is 13.5. The molecule has 1 aromatic rings. The van der Waals surface area contributed by atoms with Crippen molar-refractivity contribution in [1.29, 1.82) is 5.26 Å². The van der Waals surface area contributed by atoms with Gasteiger partial charge in [0.25, 0.3) is 5.91 Å². The number of carbonyl (C=O) groups is 1. The molecule has 0 radical (unpaired) electrons. The third-order valence-corrected chi connectivity index (χ3v) is 4.03. The first-order valence-corrected chi connectivity index (χ1v) is 5.69. The van der Waals surface area contributed by atoms with Gasteiger partial charge in [0, 0.05) is 12.8 Å². The number of carbonyl (C=O) groups excluding carboxylic acids is 1. The van der Waals surface area contributed by atoms with Crippen LogP contribution in [0.2, 0.25) is 0 Å². The fourth-order valence-corrected chi connectivity index (χ4v) is 2.81. The number of rotatable bonds is 2. The van der Waals surface area contributed by atoms with Crippen LogP contribution in [0.25, 0.3) is 0 Å². The summed E-state index contributed by atoms with van der Waals surface area (Å²) in [5.74, 6) is -0.517. The molecule has 1 amide bonds. The molecule has 3 rings (SSSR count). The zero-order chi connectivity index (χ0) is 13.0. The SMILES string of the molecule is N#C[C@]12CCOCC1(n1cc(C(N)=O)c(N)n1)C2. The molecule has 0 bridgehead atoms. The summed E-state index contributed by atoms with van der Waals surface area (Å²) in [4.78, 5) is 11.2. The Kier molecular flexibility index (Phi) is 1.98. The molecule has 7 nitrogen and oxygen atoms in total. The van der Waals surface area contributed by atoms with E-state index in [2.05, 4.69) is 11.2 Å². The average molecular weight is 247 g/mol.